The van der Waals surface area contributed by atoms with Crippen molar-refractivity contribution in [2.45, 2.75) is 0 Å². The Balaban J connectivity index is 2.79. The first-order valence-electron chi connectivity index (χ1n) is 4.06. The number of aromatic nitrogens is 2. The molecule has 0 radical (unpaired) electrons. The molecule has 7 nitrogen and oxygen atoms in total. The first-order chi connectivity index (χ1) is 7.50. The molecule has 8 heteroatoms. The normalized spacial score (nSPS) is 10.6. The monoisotopic (exact) mass is 333 g/mol. The van der Waals surface area contributed by atoms with Gasteiger partial charge in [-0.15, -0.1) is 0 Å². The van der Waals surface area contributed by atoms with Crippen molar-refractivity contribution in [2.24, 2.45) is 0 Å². The third-order valence-corrected chi connectivity index (χ3v) is 2.81. The number of halogens is 1. The van der Waals surface area contributed by atoms with Crippen LogP contribution in [0, 0.1) is 13.8 Å². The number of benzene rings is 1. The topological polar surface area (TPSA) is 98.3 Å². The molecule has 0 fully saturated rings. The summed E-state index contributed by atoms with van der Waals surface area (Å²) in [7, 11) is 0. The molecular weight excluding hydrogens is 329 g/mol. The number of nitro groups is 1. The lowest BCUT2D eigenvalue weighted by Gasteiger charge is -1.95. The lowest BCUT2D eigenvalue weighted by Crippen LogP contribution is -2.09. The van der Waals surface area contributed by atoms with Gasteiger partial charge in [0.15, 0.2) is 0 Å². The van der Waals surface area contributed by atoms with E-state index in [1.165, 1.54) is 18.2 Å². The van der Waals surface area contributed by atoms with Crippen LogP contribution in [0.4, 0.5) is 10.5 Å². The van der Waals surface area contributed by atoms with E-state index in [0.717, 1.165) is 4.68 Å². The number of nitro benzene ring substituents is 1. The van der Waals surface area contributed by atoms with Crippen LogP contribution < -0.4 is 0 Å². The maximum Gasteiger partial charge on any atom is 0.432 e. The largest absolute Gasteiger partial charge is 0.463 e. The zero-order valence-electron chi connectivity index (χ0n) is 7.62. The molecule has 0 unspecified atom stereocenters. The van der Waals surface area contributed by atoms with Gasteiger partial charge in [0.2, 0.25) is 0 Å². The van der Waals surface area contributed by atoms with E-state index in [2.05, 4.69) is 5.10 Å². The third-order valence-electron chi connectivity index (χ3n) is 2.01. The van der Waals surface area contributed by atoms with E-state index in [0.29, 0.717) is 9.09 Å². The summed E-state index contributed by atoms with van der Waals surface area (Å²) in [5.41, 5.74) is 0.0531. The molecule has 1 heterocycles. The maximum absolute atomic E-state index is 10.8. The molecule has 0 amide bonds. The van der Waals surface area contributed by atoms with Crippen molar-refractivity contribution in [1.29, 1.82) is 0 Å². The molecule has 0 aliphatic carbocycles. The average Bonchev–Trinajstić information content (AvgIpc) is 2.56. The van der Waals surface area contributed by atoms with Crippen molar-refractivity contribution < 1.29 is 14.8 Å². The van der Waals surface area contributed by atoms with Crippen LogP contribution in [-0.2, 0) is 0 Å². The first-order valence-corrected chi connectivity index (χ1v) is 5.14. The van der Waals surface area contributed by atoms with Gasteiger partial charge in [-0.3, -0.25) is 10.1 Å². The van der Waals surface area contributed by atoms with Crippen molar-refractivity contribution >= 4 is 45.3 Å². The molecule has 0 atom stereocenters. The fourth-order valence-electron chi connectivity index (χ4n) is 1.32. The Morgan fingerprint density at radius 3 is 2.81 bits per heavy atom. The Kier molecular flexibility index (Phi) is 2.50. The van der Waals surface area contributed by atoms with Gasteiger partial charge in [0.25, 0.3) is 5.69 Å². The number of non-ortho nitro benzene ring substituents is 1. The quantitative estimate of drug-likeness (QED) is 0.489. The fraction of sp³-hybridized carbons (Fsp3) is 0. The van der Waals surface area contributed by atoms with Crippen molar-refractivity contribution in [1.82, 2.24) is 9.78 Å². The Labute approximate surface area is 102 Å². The molecule has 1 N–H and O–H groups in total. The highest BCUT2D eigenvalue weighted by molar-refractivity contribution is 14.1. The van der Waals surface area contributed by atoms with Crippen LogP contribution in [-0.4, -0.2) is 25.9 Å². The average molecular weight is 333 g/mol. The summed E-state index contributed by atoms with van der Waals surface area (Å²) in [6, 6.07) is 4.00. The predicted octanol–water partition coefficient (Wildman–Crippen LogP) is 2.08. The van der Waals surface area contributed by atoms with Gasteiger partial charge in [-0.25, -0.2) is 4.79 Å². The molecule has 82 valence electrons. The molecule has 1 aromatic heterocycles. The Morgan fingerprint density at radius 1 is 1.56 bits per heavy atom. The second-order valence-corrected chi connectivity index (χ2v) is 3.97. The summed E-state index contributed by atoms with van der Waals surface area (Å²) in [6.07, 6.45) is -1.27. The molecule has 0 bridgehead atoms. The summed E-state index contributed by atoms with van der Waals surface area (Å²) in [5, 5.41) is 23.8. The molecule has 0 aliphatic heterocycles. The van der Waals surface area contributed by atoms with Crippen LogP contribution >= 0.6 is 22.6 Å². The Bertz CT molecular complexity index is 607. The van der Waals surface area contributed by atoms with Gasteiger partial charge in [-0.05, 0) is 28.7 Å². The molecule has 1 aromatic carbocycles. The summed E-state index contributed by atoms with van der Waals surface area (Å²) in [6.45, 7) is 0. The minimum Gasteiger partial charge on any atom is -0.463 e. The molecule has 0 saturated carbocycles. The minimum atomic E-state index is -1.27. The second-order valence-electron chi connectivity index (χ2n) is 2.94. The third kappa shape index (κ3) is 1.60. The first kappa shape index (κ1) is 10.8. The van der Waals surface area contributed by atoms with E-state index >= 15 is 0 Å². The standard InChI is InChI=1S/C8H4IN3O4/c9-7-5-2-1-4(12(15)16)3-6(5)11(10-7)8(13)14/h1-3H,(H,13,14). The van der Waals surface area contributed by atoms with Gasteiger partial charge in [-0.1, -0.05) is 0 Å². The van der Waals surface area contributed by atoms with Gasteiger partial charge in [0.1, 0.15) is 3.70 Å². The highest BCUT2D eigenvalue weighted by Gasteiger charge is 2.16. The zero-order chi connectivity index (χ0) is 11.9. The van der Waals surface area contributed by atoms with Gasteiger partial charge < -0.3 is 5.11 Å². The number of hydrogen-bond donors (Lipinski definition) is 1. The smallest absolute Gasteiger partial charge is 0.432 e. The molecule has 0 spiro atoms. The SMILES string of the molecule is O=C(O)n1nc(I)c2ccc([N+](=O)[O-])cc21. The number of carboxylic acid groups (broad SMARTS) is 1. The van der Waals surface area contributed by atoms with Crippen molar-refractivity contribution in [2.75, 3.05) is 0 Å². The summed E-state index contributed by atoms with van der Waals surface area (Å²) < 4.78 is 1.22. The number of carbonyl (C=O) groups is 1. The molecule has 2 rings (SSSR count). The molecule has 16 heavy (non-hydrogen) atoms. The van der Waals surface area contributed by atoms with Crippen LogP contribution in [0.15, 0.2) is 18.2 Å². The lowest BCUT2D eigenvalue weighted by atomic mass is 10.2. The highest BCUT2D eigenvalue weighted by Crippen LogP contribution is 2.24. The number of fused-ring (bicyclic) bond motifs is 1. The van der Waals surface area contributed by atoms with E-state index in [4.69, 9.17) is 5.11 Å². The zero-order valence-corrected chi connectivity index (χ0v) is 9.78. The van der Waals surface area contributed by atoms with Crippen LogP contribution in [0.1, 0.15) is 0 Å². The molecule has 0 saturated heterocycles. The Morgan fingerprint density at radius 2 is 2.25 bits per heavy atom. The van der Waals surface area contributed by atoms with Crippen molar-refractivity contribution in [3.63, 3.8) is 0 Å². The number of hydrogen-bond acceptors (Lipinski definition) is 4. The second kappa shape index (κ2) is 3.70. The predicted molar refractivity (Wildman–Crippen MR) is 62.5 cm³/mol. The van der Waals surface area contributed by atoms with Gasteiger partial charge in [0.05, 0.1) is 10.4 Å². The highest BCUT2D eigenvalue weighted by atomic mass is 127. The minimum absolute atomic E-state index is 0.161. The van der Waals surface area contributed by atoms with Gasteiger partial charge >= 0.3 is 6.09 Å². The van der Waals surface area contributed by atoms with Gasteiger partial charge in [0, 0.05) is 17.5 Å². The summed E-state index contributed by atoms with van der Waals surface area (Å²) >= 11 is 1.88. The molecule has 2 aromatic rings. The number of rotatable bonds is 1. The fourth-order valence-corrected chi connectivity index (χ4v) is 2.00. The Hall–Kier alpha value is -1.71. The molecule has 0 aliphatic rings. The van der Waals surface area contributed by atoms with Crippen molar-refractivity contribution in [3.05, 3.63) is 32.0 Å². The summed E-state index contributed by atoms with van der Waals surface area (Å²) in [5.74, 6) is 0. The van der Waals surface area contributed by atoms with Crippen LogP contribution in [0.3, 0.4) is 0 Å². The van der Waals surface area contributed by atoms with Gasteiger partial charge in [-0.2, -0.15) is 9.78 Å². The maximum atomic E-state index is 10.8. The van der Waals surface area contributed by atoms with Crippen molar-refractivity contribution in [3.8, 4) is 0 Å². The molecular formula is C8H4IN3O4. The van der Waals surface area contributed by atoms with E-state index < -0.39 is 11.0 Å². The van der Waals surface area contributed by atoms with E-state index in [1.807, 2.05) is 22.6 Å². The van der Waals surface area contributed by atoms with Crippen LogP contribution in [0.25, 0.3) is 10.9 Å². The van der Waals surface area contributed by atoms with E-state index in [1.54, 1.807) is 0 Å². The number of nitrogens with zero attached hydrogens (tertiary/aromatic N) is 3. The summed E-state index contributed by atoms with van der Waals surface area (Å²) in [4.78, 5) is 20.8. The van der Waals surface area contributed by atoms with Crippen LogP contribution in [0.5, 0.6) is 0 Å². The lowest BCUT2D eigenvalue weighted by molar-refractivity contribution is -0.384. The van der Waals surface area contributed by atoms with E-state index in [9.17, 15) is 14.9 Å². The van der Waals surface area contributed by atoms with E-state index in [-0.39, 0.29) is 11.2 Å². The van der Waals surface area contributed by atoms with Crippen LogP contribution in [0.2, 0.25) is 0 Å².